The highest BCUT2D eigenvalue weighted by molar-refractivity contribution is 6.08. The van der Waals surface area contributed by atoms with E-state index in [0.29, 0.717) is 5.69 Å². The van der Waals surface area contributed by atoms with Gasteiger partial charge in [-0.15, -0.1) is 0 Å². The average molecular weight is 628 g/mol. The molecule has 9 rings (SSSR count). The molecule has 0 bridgehead atoms. The highest BCUT2D eigenvalue weighted by atomic mass is 16.5. The third-order valence-corrected chi connectivity index (χ3v) is 10.5. The van der Waals surface area contributed by atoms with Crippen LogP contribution in [0.25, 0.3) is 55.1 Å². The Bertz CT molecular complexity index is 2480. The fraction of sp³-hybridized carbons (Fsp3) is 0.0851. The zero-order valence-electron chi connectivity index (χ0n) is 27.4. The van der Waals surface area contributed by atoms with E-state index < -0.39 is 5.60 Å². The summed E-state index contributed by atoms with van der Waals surface area (Å²) >= 11 is 0. The molecule has 2 heteroatoms. The van der Waals surface area contributed by atoms with Gasteiger partial charge in [-0.3, -0.25) is 0 Å². The van der Waals surface area contributed by atoms with E-state index in [1.807, 2.05) is 6.07 Å². The van der Waals surface area contributed by atoms with Gasteiger partial charge in [0, 0.05) is 27.5 Å². The second kappa shape index (κ2) is 10.9. The van der Waals surface area contributed by atoms with E-state index in [9.17, 15) is 0 Å². The molecule has 1 atom stereocenters. The molecule has 49 heavy (non-hydrogen) atoms. The van der Waals surface area contributed by atoms with Gasteiger partial charge in [-0.25, -0.2) is 4.85 Å². The maximum Gasteiger partial charge on any atom is 0.187 e. The van der Waals surface area contributed by atoms with Gasteiger partial charge >= 0.3 is 0 Å². The number of ether oxygens (including phenoxy) is 1. The second-order valence-corrected chi connectivity index (χ2v) is 13.5. The third kappa shape index (κ3) is 4.33. The van der Waals surface area contributed by atoms with Crippen molar-refractivity contribution in [2.75, 3.05) is 0 Å². The molecule has 2 nitrogen and oxygen atoms in total. The number of benzene rings is 7. The zero-order chi connectivity index (χ0) is 33.2. The van der Waals surface area contributed by atoms with Crippen LogP contribution in [0.2, 0.25) is 0 Å². The van der Waals surface area contributed by atoms with Crippen molar-refractivity contribution in [3.63, 3.8) is 0 Å². The van der Waals surface area contributed by atoms with Crippen LogP contribution in [0.5, 0.6) is 5.75 Å². The lowest BCUT2D eigenvalue weighted by atomic mass is 9.76. The summed E-state index contributed by atoms with van der Waals surface area (Å²) in [5.74, 6) is 0.894. The molecule has 7 aromatic rings. The standard InChI is InChI=1S/C47H33NO/c1-46(2)42-30-35(48-3)26-27-40(42)43-38-20-12-13-21-39(38)45-41(44(43)46)28-29-47(49-45,33-16-8-5-9-17-33)34-24-22-32(23-25-34)37-19-11-10-18-36(37)31-14-6-4-7-15-31/h4-30H,1-2H3. The predicted octanol–water partition coefficient (Wildman–Crippen LogP) is 12.4. The van der Waals surface area contributed by atoms with Gasteiger partial charge in [-0.2, -0.15) is 0 Å². The molecule has 0 saturated heterocycles. The first-order valence-corrected chi connectivity index (χ1v) is 16.8. The summed E-state index contributed by atoms with van der Waals surface area (Å²) in [7, 11) is 0. The quantitative estimate of drug-likeness (QED) is 0.177. The molecule has 1 heterocycles. The van der Waals surface area contributed by atoms with Gasteiger partial charge in [0.25, 0.3) is 0 Å². The Balaban J connectivity index is 1.23. The first-order valence-electron chi connectivity index (χ1n) is 16.8. The van der Waals surface area contributed by atoms with Crippen molar-refractivity contribution in [3.05, 3.63) is 197 Å². The molecule has 0 saturated carbocycles. The van der Waals surface area contributed by atoms with Crippen molar-refractivity contribution in [1.29, 1.82) is 0 Å². The molecule has 232 valence electrons. The lowest BCUT2D eigenvalue weighted by Gasteiger charge is -2.38. The minimum Gasteiger partial charge on any atom is -0.472 e. The molecule has 1 unspecified atom stereocenters. The Hall–Kier alpha value is -6.17. The summed E-state index contributed by atoms with van der Waals surface area (Å²) in [5, 5.41) is 2.26. The molecule has 7 aromatic carbocycles. The lowest BCUT2D eigenvalue weighted by molar-refractivity contribution is 0.163. The van der Waals surface area contributed by atoms with E-state index >= 15 is 0 Å². The highest BCUT2D eigenvalue weighted by Gasteiger charge is 2.44. The minimum atomic E-state index is -0.838. The zero-order valence-corrected chi connectivity index (χ0v) is 27.4. The Kier molecular flexibility index (Phi) is 6.48. The molecule has 0 spiro atoms. The number of fused-ring (bicyclic) bond motifs is 8. The van der Waals surface area contributed by atoms with E-state index in [2.05, 4.69) is 176 Å². The van der Waals surface area contributed by atoms with Crippen LogP contribution in [0.1, 0.15) is 41.7 Å². The molecule has 0 amide bonds. The lowest BCUT2D eigenvalue weighted by Crippen LogP contribution is -2.35. The minimum absolute atomic E-state index is 0.312. The topological polar surface area (TPSA) is 13.6 Å². The molecule has 2 aliphatic rings. The first kappa shape index (κ1) is 29.0. The van der Waals surface area contributed by atoms with E-state index in [-0.39, 0.29) is 5.41 Å². The van der Waals surface area contributed by atoms with Crippen molar-refractivity contribution >= 4 is 22.5 Å². The summed E-state index contributed by atoms with van der Waals surface area (Å²) in [6, 6.07) is 53.4. The summed E-state index contributed by atoms with van der Waals surface area (Å²) in [6.45, 7) is 12.2. The molecule has 0 N–H and O–H groups in total. The number of hydrogen-bond acceptors (Lipinski definition) is 1. The van der Waals surface area contributed by atoms with Gasteiger partial charge < -0.3 is 4.74 Å². The Morgan fingerprint density at radius 3 is 1.86 bits per heavy atom. The summed E-state index contributed by atoms with van der Waals surface area (Å²) in [5.41, 5.74) is 12.4. The maximum atomic E-state index is 7.69. The monoisotopic (exact) mass is 627 g/mol. The van der Waals surface area contributed by atoms with Crippen molar-refractivity contribution in [2.24, 2.45) is 0 Å². The van der Waals surface area contributed by atoms with Crippen LogP contribution < -0.4 is 4.74 Å². The SMILES string of the molecule is [C-]#[N+]c1ccc2c(c1)C(C)(C)c1c3c(c4ccccc4c1-2)OC(c1ccccc1)(c1ccc(-c2ccccc2-c2ccccc2)cc1)C=C3. The van der Waals surface area contributed by atoms with Crippen LogP contribution in [0.4, 0.5) is 5.69 Å². The van der Waals surface area contributed by atoms with Gasteiger partial charge in [-0.1, -0.05) is 172 Å². The molecule has 1 aliphatic carbocycles. The fourth-order valence-corrected chi connectivity index (χ4v) is 8.16. The smallest absolute Gasteiger partial charge is 0.187 e. The van der Waals surface area contributed by atoms with E-state index in [1.54, 1.807) is 0 Å². The van der Waals surface area contributed by atoms with Gasteiger partial charge in [0.2, 0.25) is 0 Å². The van der Waals surface area contributed by atoms with Gasteiger partial charge in [0.1, 0.15) is 5.75 Å². The third-order valence-electron chi connectivity index (χ3n) is 10.5. The molecular weight excluding hydrogens is 595 g/mol. The molecule has 1 aliphatic heterocycles. The highest BCUT2D eigenvalue weighted by Crippen LogP contribution is 2.58. The van der Waals surface area contributed by atoms with E-state index in [0.717, 1.165) is 33.4 Å². The van der Waals surface area contributed by atoms with Gasteiger partial charge in [0.15, 0.2) is 11.3 Å². The Morgan fingerprint density at radius 1 is 0.571 bits per heavy atom. The Labute approximate surface area is 287 Å². The van der Waals surface area contributed by atoms with Crippen molar-refractivity contribution in [2.45, 2.75) is 24.9 Å². The largest absolute Gasteiger partial charge is 0.472 e. The van der Waals surface area contributed by atoms with Crippen molar-refractivity contribution in [1.82, 2.24) is 0 Å². The predicted molar refractivity (Wildman–Crippen MR) is 202 cm³/mol. The van der Waals surface area contributed by atoms with Crippen LogP contribution in [0.3, 0.4) is 0 Å². The van der Waals surface area contributed by atoms with Crippen LogP contribution in [0.15, 0.2) is 158 Å². The average Bonchev–Trinajstić information content (AvgIpc) is 3.41. The molecular formula is C47H33NO. The van der Waals surface area contributed by atoms with Crippen LogP contribution in [-0.2, 0) is 11.0 Å². The number of hydrogen-bond donors (Lipinski definition) is 0. The van der Waals surface area contributed by atoms with E-state index in [4.69, 9.17) is 11.3 Å². The normalized spacial score (nSPS) is 16.7. The van der Waals surface area contributed by atoms with Crippen LogP contribution in [-0.4, -0.2) is 0 Å². The maximum absolute atomic E-state index is 7.69. The summed E-state index contributed by atoms with van der Waals surface area (Å²) in [4.78, 5) is 3.77. The Morgan fingerprint density at radius 2 is 1.16 bits per heavy atom. The van der Waals surface area contributed by atoms with E-state index in [1.165, 1.54) is 44.3 Å². The fourth-order valence-electron chi connectivity index (χ4n) is 8.16. The van der Waals surface area contributed by atoms with Crippen molar-refractivity contribution in [3.8, 4) is 39.1 Å². The number of rotatable bonds is 4. The summed E-state index contributed by atoms with van der Waals surface area (Å²) < 4.78 is 7.47. The van der Waals surface area contributed by atoms with Gasteiger partial charge in [-0.05, 0) is 56.0 Å². The summed E-state index contributed by atoms with van der Waals surface area (Å²) in [6.07, 6.45) is 4.54. The van der Waals surface area contributed by atoms with Crippen LogP contribution in [0, 0.1) is 6.57 Å². The molecule has 0 fully saturated rings. The molecule has 0 aromatic heterocycles. The number of nitrogens with zero attached hydrogens (tertiary/aromatic N) is 1. The van der Waals surface area contributed by atoms with Gasteiger partial charge in [0.05, 0.1) is 6.57 Å². The molecule has 0 radical (unpaired) electrons. The van der Waals surface area contributed by atoms with Crippen molar-refractivity contribution < 1.29 is 4.74 Å². The van der Waals surface area contributed by atoms with Crippen LogP contribution >= 0.6 is 0 Å². The second-order valence-electron chi connectivity index (χ2n) is 13.5. The first-order chi connectivity index (χ1) is 24.0.